The molecule has 21 heavy (non-hydrogen) atoms. The van der Waals surface area contributed by atoms with Gasteiger partial charge < -0.3 is 4.74 Å². The number of ether oxygens (including phenoxy) is 1. The molecule has 1 saturated carbocycles. The maximum atomic E-state index is 11.5. The molecule has 112 valence electrons. The first-order valence-corrected chi connectivity index (χ1v) is 8.31. The Labute approximate surface area is 125 Å². The zero-order valence-corrected chi connectivity index (χ0v) is 12.4. The predicted molar refractivity (Wildman–Crippen MR) is 73.5 cm³/mol. The van der Waals surface area contributed by atoms with Gasteiger partial charge in [0.1, 0.15) is 10.6 Å². The summed E-state index contributed by atoms with van der Waals surface area (Å²) >= 11 is 0. The van der Waals surface area contributed by atoms with Crippen LogP contribution in [-0.4, -0.2) is 19.9 Å². The van der Waals surface area contributed by atoms with Crippen LogP contribution in [0.1, 0.15) is 19.3 Å². The number of halogens is 1. The predicted octanol–water partition coefficient (Wildman–Crippen LogP) is 2.59. The number of nitro groups is 1. The van der Waals surface area contributed by atoms with Crippen molar-refractivity contribution >= 4 is 25.4 Å². The summed E-state index contributed by atoms with van der Waals surface area (Å²) in [5, 5.41) is 19.4. The molecule has 0 aromatic heterocycles. The fourth-order valence-electron chi connectivity index (χ4n) is 1.87. The second kappa shape index (κ2) is 5.50. The summed E-state index contributed by atoms with van der Waals surface area (Å²) < 4.78 is 28.5. The van der Waals surface area contributed by atoms with Crippen LogP contribution in [-0.2, 0) is 9.05 Å². The highest BCUT2D eigenvalue weighted by molar-refractivity contribution is 8.13. The van der Waals surface area contributed by atoms with Crippen LogP contribution in [0.15, 0.2) is 23.1 Å². The van der Waals surface area contributed by atoms with Crippen molar-refractivity contribution in [2.45, 2.75) is 24.2 Å². The summed E-state index contributed by atoms with van der Waals surface area (Å²) in [6.07, 6.45) is 1.98. The molecule has 0 saturated heterocycles. The van der Waals surface area contributed by atoms with Gasteiger partial charge in [0.25, 0.3) is 14.7 Å². The Hall–Kier alpha value is -1.85. The van der Waals surface area contributed by atoms with Crippen LogP contribution in [0.2, 0.25) is 0 Å². The van der Waals surface area contributed by atoms with Gasteiger partial charge in [-0.15, -0.1) is 0 Å². The normalized spacial score (nSPS) is 16.0. The number of hydrogen-bond donors (Lipinski definition) is 0. The van der Waals surface area contributed by atoms with Gasteiger partial charge in [-0.2, -0.15) is 5.26 Å². The molecular formula is C12H11ClN2O5S. The summed E-state index contributed by atoms with van der Waals surface area (Å²) in [5.41, 5.74) is -0.635. The number of non-ortho nitro benzene ring substituents is 1. The van der Waals surface area contributed by atoms with Gasteiger partial charge in [-0.3, -0.25) is 10.1 Å². The topological polar surface area (TPSA) is 110 Å². The molecule has 0 aliphatic heterocycles. The second-order valence-electron chi connectivity index (χ2n) is 4.95. The van der Waals surface area contributed by atoms with E-state index in [4.69, 9.17) is 20.7 Å². The van der Waals surface area contributed by atoms with Gasteiger partial charge in [0, 0.05) is 34.7 Å². The molecule has 0 unspecified atom stereocenters. The van der Waals surface area contributed by atoms with Crippen molar-refractivity contribution in [3.8, 4) is 11.8 Å². The van der Waals surface area contributed by atoms with Crippen LogP contribution in [0.4, 0.5) is 5.69 Å². The first kappa shape index (κ1) is 15.5. The Kier molecular flexibility index (Phi) is 4.07. The molecule has 2 rings (SSSR count). The van der Waals surface area contributed by atoms with E-state index in [-0.39, 0.29) is 23.5 Å². The Morgan fingerprint density at radius 3 is 2.62 bits per heavy atom. The van der Waals surface area contributed by atoms with Gasteiger partial charge in [0.05, 0.1) is 17.6 Å². The van der Waals surface area contributed by atoms with Crippen LogP contribution >= 0.6 is 10.7 Å². The lowest BCUT2D eigenvalue weighted by molar-refractivity contribution is -0.385. The SMILES string of the molecule is N#CCC1(COc2ccc([N+](=O)[O-])cc2S(=O)(=O)Cl)CC1. The Balaban J connectivity index is 2.27. The van der Waals surface area contributed by atoms with Crippen LogP contribution in [0, 0.1) is 26.9 Å². The van der Waals surface area contributed by atoms with Crippen LogP contribution in [0.25, 0.3) is 0 Å². The van der Waals surface area contributed by atoms with E-state index in [0.717, 1.165) is 25.0 Å². The molecule has 0 N–H and O–H groups in total. The van der Waals surface area contributed by atoms with E-state index in [2.05, 4.69) is 6.07 Å². The maximum Gasteiger partial charge on any atom is 0.271 e. The molecule has 0 heterocycles. The molecule has 0 bridgehead atoms. The maximum absolute atomic E-state index is 11.5. The fraction of sp³-hybridized carbons (Fsp3) is 0.417. The molecule has 1 aliphatic rings. The van der Waals surface area contributed by atoms with Gasteiger partial charge in [-0.25, -0.2) is 8.42 Å². The highest BCUT2D eigenvalue weighted by Crippen LogP contribution is 2.49. The highest BCUT2D eigenvalue weighted by atomic mass is 35.7. The van der Waals surface area contributed by atoms with Crippen molar-refractivity contribution in [3.05, 3.63) is 28.3 Å². The number of hydrogen-bond acceptors (Lipinski definition) is 6. The Bertz CT molecular complexity index is 722. The molecule has 1 aliphatic carbocycles. The summed E-state index contributed by atoms with van der Waals surface area (Å²) in [7, 11) is 1.11. The standard InChI is InChI=1S/C12H11ClN2O5S/c13-21(18,19)11-7-9(15(16)17)1-2-10(11)20-8-12(3-4-12)5-6-14/h1-2,7H,3-5,8H2. The van der Waals surface area contributed by atoms with E-state index in [1.165, 1.54) is 6.07 Å². The quantitative estimate of drug-likeness (QED) is 0.450. The molecule has 1 aromatic carbocycles. The lowest BCUT2D eigenvalue weighted by Gasteiger charge is -2.14. The van der Waals surface area contributed by atoms with E-state index in [9.17, 15) is 18.5 Å². The number of nitriles is 1. The average Bonchev–Trinajstić information content (AvgIpc) is 3.16. The fourth-order valence-corrected chi connectivity index (χ4v) is 2.86. The minimum atomic E-state index is -4.17. The highest BCUT2D eigenvalue weighted by Gasteiger charge is 2.43. The van der Waals surface area contributed by atoms with Gasteiger partial charge in [-0.1, -0.05) is 0 Å². The largest absolute Gasteiger partial charge is 0.492 e. The van der Waals surface area contributed by atoms with Crippen molar-refractivity contribution in [1.29, 1.82) is 5.26 Å². The van der Waals surface area contributed by atoms with Crippen LogP contribution < -0.4 is 4.74 Å². The second-order valence-corrected chi connectivity index (χ2v) is 7.48. The lowest BCUT2D eigenvalue weighted by Crippen LogP contribution is -2.13. The van der Waals surface area contributed by atoms with Gasteiger partial charge in [0.15, 0.2) is 0 Å². The van der Waals surface area contributed by atoms with E-state index in [1.54, 1.807) is 0 Å². The molecule has 1 fully saturated rings. The van der Waals surface area contributed by atoms with Crippen molar-refractivity contribution in [2.75, 3.05) is 6.61 Å². The smallest absolute Gasteiger partial charge is 0.271 e. The first-order chi connectivity index (χ1) is 9.77. The molecule has 0 spiro atoms. The van der Waals surface area contributed by atoms with Crippen molar-refractivity contribution in [1.82, 2.24) is 0 Å². The zero-order valence-electron chi connectivity index (χ0n) is 10.8. The molecular weight excluding hydrogens is 320 g/mol. The summed E-state index contributed by atoms with van der Waals surface area (Å²) in [5.74, 6) is -0.0418. The lowest BCUT2D eigenvalue weighted by atomic mass is 10.1. The zero-order chi connectivity index (χ0) is 15.7. The molecule has 1 aromatic rings. The Morgan fingerprint density at radius 1 is 1.48 bits per heavy atom. The average molecular weight is 331 g/mol. The van der Waals surface area contributed by atoms with Crippen molar-refractivity contribution in [2.24, 2.45) is 5.41 Å². The number of nitro benzene ring substituents is 1. The molecule has 0 atom stereocenters. The number of benzene rings is 1. The molecule has 9 heteroatoms. The molecule has 7 nitrogen and oxygen atoms in total. The third-order valence-electron chi connectivity index (χ3n) is 3.35. The third kappa shape index (κ3) is 3.62. The molecule has 0 radical (unpaired) electrons. The van der Waals surface area contributed by atoms with Crippen molar-refractivity contribution in [3.63, 3.8) is 0 Å². The summed E-state index contributed by atoms with van der Waals surface area (Å²) in [4.78, 5) is 9.54. The van der Waals surface area contributed by atoms with Crippen LogP contribution in [0.5, 0.6) is 5.75 Å². The van der Waals surface area contributed by atoms with Gasteiger partial charge in [-0.05, 0) is 18.9 Å². The van der Waals surface area contributed by atoms with E-state index >= 15 is 0 Å². The minimum absolute atomic E-state index is 0.0418. The van der Waals surface area contributed by atoms with E-state index in [1.807, 2.05) is 0 Å². The first-order valence-electron chi connectivity index (χ1n) is 6.00. The summed E-state index contributed by atoms with van der Waals surface area (Å²) in [6, 6.07) is 5.27. The van der Waals surface area contributed by atoms with Crippen LogP contribution in [0.3, 0.4) is 0 Å². The van der Waals surface area contributed by atoms with Crippen molar-refractivity contribution < 1.29 is 18.1 Å². The van der Waals surface area contributed by atoms with E-state index < -0.39 is 18.9 Å². The number of nitrogens with zero attached hydrogens (tertiary/aromatic N) is 2. The Morgan fingerprint density at radius 2 is 2.14 bits per heavy atom. The van der Waals surface area contributed by atoms with Gasteiger partial charge in [0.2, 0.25) is 0 Å². The van der Waals surface area contributed by atoms with E-state index in [0.29, 0.717) is 6.42 Å². The number of rotatable bonds is 6. The third-order valence-corrected chi connectivity index (χ3v) is 4.69. The van der Waals surface area contributed by atoms with Gasteiger partial charge >= 0.3 is 0 Å². The monoisotopic (exact) mass is 330 g/mol. The molecule has 0 amide bonds. The summed E-state index contributed by atoms with van der Waals surface area (Å²) in [6.45, 7) is 0.178. The minimum Gasteiger partial charge on any atom is -0.492 e.